The Morgan fingerprint density at radius 3 is 2.95 bits per heavy atom. The first kappa shape index (κ1) is 15.7. The van der Waals surface area contributed by atoms with Crippen molar-refractivity contribution in [3.8, 4) is 5.75 Å². The summed E-state index contributed by atoms with van der Waals surface area (Å²) >= 11 is 0. The molecule has 0 fully saturated rings. The quantitative estimate of drug-likeness (QED) is 0.634. The lowest BCUT2D eigenvalue weighted by molar-refractivity contribution is 0.0520. The van der Waals surface area contributed by atoms with Crippen molar-refractivity contribution in [1.82, 2.24) is 5.32 Å². The van der Waals surface area contributed by atoms with E-state index in [0.717, 1.165) is 11.0 Å². The van der Waals surface area contributed by atoms with Crippen LogP contribution in [0.1, 0.15) is 26.3 Å². The van der Waals surface area contributed by atoms with Crippen LogP contribution in [0.4, 0.5) is 4.79 Å². The molecule has 1 amide bonds. The van der Waals surface area contributed by atoms with Gasteiger partial charge in [0.1, 0.15) is 18.0 Å². The lowest BCUT2D eigenvalue weighted by atomic mass is 9.79. The van der Waals surface area contributed by atoms with Crippen LogP contribution in [0.2, 0.25) is 0 Å². The van der Waals surface area contributed by atoms with Crippen molar-refractivity contribution in [2.45, 2.75) is 33.0 Å². The van der Waals surface area contributed by atoms with E-state index in [0.29, 0.717) is 25.5 Å². The second kappa shape index (κ2) is 6.36. The van der Waals surface area contributed by atoms with E-state index in [1.807, 2.05) is 12.1 Å². The van der Waals surface area contributed by atoms with E-state index in [1.54, 1.807) is 26.8 Å². The molecule has 2 rings (SSSR count). The van der Waals surface area contributed by atoms with E-state index in [4.69, 9.17) is 14.1 Å². The highest BCUT2D eigenvalue weighted by atomic mass is 16.6. The molecule has 0 saturated heterocycles. The zero-order chi connectivity index (χ0) is 15.5. The highest BCUT2D eigenvalue weighted by molar-refractivity contribution is 6.61. The van der Waals surface area contributed by atoms with Crippen LogP contribution in [0, 0.1) is 0 Å². The average Bonchev–Trinajstić information content (AvgIpc) is 2.74. The highest BCUT2D eigenvalue weighted by Crippen LogP contribution is 2.16. The highest BCUT2D eigenvalue weighted by Gasteiger charge is 2.27. The van der Waals surface area contributed by atoms with Crippen LogP contribution in [0.5, 0.6) is 5.75 Å². The Labute approximate surface area is 124 Å². The number of nitrogens with one attached hydrogen (secondary N) is 1. The molecule has 0 aliphatic carbocycles. The fourth-order valence-corrected chi connectivity index (χ4v) is 1.92. The van der Waals surface area contributed by atoms with Crippen molar-refractivity contribution >= 4 is 18.7 Å². The topological polar surface area (TPSA) is 77.0 Å². The second-order valence-electron chi connectivity index (χ2n) is 5.80. The number of benzene rings is 1. The minimum atomic E-state index is -0.886. The smallest absolute Gasteiger partial charge is 0.491 e. The first-order chi connectivity index (χ1) is 9.85. The van der Waals surface area contributed by atoms with Gasteiger partial charge in [-0.05, 0) is 43.9 Å². The van der Waals surface area contributed by atoms with Gasteiger partial charge in [-0.15, -0.1) is 0 Å². The van der Waals surface area contributed by atoms with Crippen molar-refractivity contribution in [3.05, 3.63) is 23.8 Å². The number of amides is 1. The minimum absolute atomic E-state index is 0.314. The standard InChI is InChI=1S/C14H20BNO5/c1-14(2,3)21-13(17)16-6-7-19-11-5-4-10-9-20-15(18)12(10)8-11/h4-5,8,18H,6-7,9H2,1-3H3,(H,16,17). The normalized spacial score (nSPS) is 13.8. The van der Waals surface area contributed by atoms with Crippen LogP contribution in [-0.2, 0) is 16.0 Å². The lowest BCUT2D eigenvalue weighted by Gasteiger charge is -2.19. The molecule has 0 aromatic heterocycles. The van der Waals surface area contributed by atoms with Crippen molar-refractivity contribution in [2.75, 3.05) is 13.2 Å². The van der Waals surface area contributed by atoms with Gasteiger partial charge in [0.15, 0.2) is 0 Å². The predicted molar refractivity (Wildman–Crippen MR) is 78.6 cm³/mol. The van der Waals surface area contributed by atoms with Gasteiger partial charge in [0.25, 0.3) is 0 Å². The maximum Gasteiger partial charge on any atom is 0.491 e. The van der Waals surface area contributed by atoms with E-state index in [2.05, 4.69) is 5.32 Å². The molecule has 0 unspecified atom stereocenters. The van der Waals surface area contributed by atoms with Gasteiger partial charge in [0, 0.05) is 0 Å². The summed E-state index contributed by atoms with van der Waals surface area (Å²) < 4.78 is 15.7. The number of carbonyl (C=O) groups is 1. The molecule has 0 radical (unpaired) electrons. The van der Waals surface area contributed by atoms with Gasteiger partial charge in [-0.2, -0.15) is 0 Å². The largest absolute Gasteiger partial charge is 0.492 e. The van der Waals surface area contributed by atoms with Crippen LogP contribution in [0.3, 0.4) is 0 Å². The summed E-state index contributed by atoms with van der Waals surface area (Å²) in [4.78, 5) is 11.4. The third-order valence-electron chi connectivity index (χ3n) is 2.82. The maximum absolute atomic E-state index is 11.4. The van der Waals surface area contributed by atoms with Crippen molar-refractivity contribution in [3.63, 3.8) is 0 Å². The van der Waals surface area contributed by atoms with Crippen molar-refractivity contribution < 1.29 is 23.9 Å². The summed E-state index contributed by atoms with van der Waals surface area (Å²) in [6.07, 6.45) is -0.469. The van der Waals surface area contributed by atoms with Gasteiger partial charge < -0.3 is 24.5 Å². The molecule has 2 N–H and O–H groups in total. The average molecular weight is 293 g/mol. The molecule has 0 saturated carbocycles. The Balaban J connectivity index is 1.75. The molecule has 0 atom stereocenters. The van der Waals surface area contributed by atoms with Gasteiger partial charge in [0.05, 0.1) is 13.2 Å². The fourth-order valence-electron chi connectivity index (χ4n) is 1.92. The van der Waals surface area contributed by atoms with Crippen LogP contribution < -0.4 is 15.5 Å². The summed E-state index contributed by atoms with van der Waals surface area (Å²) in [7, 11) is -0.886. The first-order valence-corrected chi connectivity index (χ1v) is 6.87. The van der Waals surface area contributed by atoms with Crippen LogP contribution in [0.15, 0.2) is 18.2 Å². The Bertz CT molecular complexity index is 515. The Morgan fingerprint density at radius 1 is 1.48 bits per heavy atom. The molecule has 0 spiro atoms. The van der Waals surface area contributed by atoms with E-state index in [1.165, 1.54) is 0 Å². The molecular weight excluding hydrogens is 273 g/mol. The van der Waals surface area contributed by atoms with Gasteiger partial charge in [-0.25, -0.2) is 4.79 Å². The van der Waals surface area contributed by atoms with E-state index in [9.17, 15) is 9.82 Å². The fraction of sp³-hybridized carbons (Fsp3) is 0.500. The SMILES string of the molecule is CC(C)(C)OC(=O)NCCOc1ccc2c(c1)B(O)OC2. The summed E-state index contributed by atoms with van der Waals surface area (Å²) in [6, 6.07) is 5.43. The number of hydrogen-bond acceptors (Lipinski definition) is 5. The van der Waals surface area contributed by atoms with Gasteiger partial charge >= 0.3 is 13.2 Å². The number of ether oxygens (including phenoxy) is 2. The van der Waals surface area contributed by atoms with Crippen LogP contribution in [0.25, 0.3) is 0 Å². The van der Waals surface area contributed by atoms with Crippen molar-refractivity contribution in [1.29, 1.82) is 0 Å². The van der Waals surface area contributed by atoms with E-state index >= 15 is 0 Å². The van der Waals surface area contributed by atoms with Crippen LogP contribution in [-0.4, -0.2) is 37.0 Å². The predicted octanol–water partition coefficient (Wildman–Crippen LogP) is 0.808. The number of alkyl carbamates (subject to hydrolysis) is 1. The minimum Gasteiger partial charge on any atom is -0.492 e. The third-order valence-corrected chi connectivity index (χ3v) is 2.82. The van der Waals surface area contributed by atoms with Gasteiger partial charge in [-0.3, -0.25) is 0 Å². The molecule has 1 aliphatic rings. The second-order valence-corrected chi connectivity index (χ2v) is 5.80. The summed E-state index contributed by atoms with van der Waals surface area (Å²) in [5.41, 5.74) is 1.18. The van der Waals surface area contributed by atoms with Crippen LogP contribution >= 0.6 is 0 Å². The first-order valence-electron chi connectivity index (χ1n) is 6.87. The number of hydrogen-bond donors (Lipinski definition) is 2. The molecule has 0 bridgehead atoms. The molecule has 1 heterocycles. The number of fused-ring (bicyclic) bond motifs is 1. The Morgan fingerprint density at radius 2 is 2.24 bits per heavy atom. The summed E-state index contributed by atoms with van der Waals surface area (Å²) in [6.45, 7) is 6.49. The zero-order valence-corrected chi connectivity index (χ0v) is 12.5. The number of carbonyl (C=O) groups excluding carboxylic acids is 1. The molecule has 114 valence electrons. The van der Waals surface area contributed by atoms with E-state index < -0.39 is 18.8 Å². The summed E-state index contributed by atoms with van der Waals surface area (Å²) in [5, 5.41) is 12.2. The lowest BCUT2D eigenvalue weighted by Crippen LogP contribution is -2.34. The summed E-state index contributed by atoms with van der Waals surface area (Å²) in [5.74, 6) is 0.629. The zero-order valence-electron chi connectivity index (χ0n) is 12.5. The van der Waals surface area contributed by atoms with Gasteiger partial charge in [0.2, 0.25) is 0 Å². The molecule has 6 nitrogen and oxygen atoms in total. The molecule has 21 heavy (non-hydrogen) atoms. The van der Waals surface area contributed by atoms with E-state index in [-0.39, 0.29) is 0 Å². The molecule has 7 heteroatoms. The molecule has 1 aliphatic heterocycles. The van der Waals surface area contributed by atoms with Crippen molar-refractivity contribution in [2.24, 2.45) is 0 Å². The Hall–Kier alpha value is -1.73. The third kappa shape index (κ3) is 4.65. The molecular formula is C14H20BNO5. The number of rotatable bonds is 4. The Kier molecular flexibility index (Phi) is 4.75. The molecule has 1 aromatic rings. The molecule has 1 aromatic carbocycles. The van der Waals surface area contributed by atoms with Gasteiger partial charge in [-0.1, -0.05) is 6.07 Å². The maximum atomic E-state index is 11.4. The monoisotopic (exact) mass is 293 g/mol.